The average Bonchev–Trinajstić information content (AvgIpc) is 1.89. The molecule has 2 nitrogen and oxygen atoms in total. The van der Waals surface area contributed by atoms with Crippen LogP contribution in [-0.4, -0.2) is 24.4 Å². The van der Waals surface area contributed by atoms with Gasteiger partial charge in [-0.1, -0.05) is 12.2 Å². The smallest absolute Gasteiger partial charge is 0.0952 e. The largest absolute Gasteiger partial charge is 0.387 e. The molecule has 0 aromatic rings. The third-order valence-corrected chi connectivity index (χ3v) is 0.796. The predicted molar refractivity (Wildman–Crippen MR) is 37.2 cm³/mol. The van der Waals surface area contributed by atoms with Crippen LogP contribution < -0.4 is 0 Å². The summed E-state index contributed by atoms with van der Waals surface area (Å²) in [6.07, 6.45) is 2.52. The highest BCUT2D eigenvalue weighted by Crippen LogP contribution is 1.84. The summed E-state index contributed by atoms with van der Waals surface area (Å²) >= 11 is 0. The van der Waals surface area contributed by atoms with Crippen LogP contribution in [0.3, 0.4) is 0 Å². The van der Waals surface area contributed by atoms with Gasteiger partial charge in [0.05, 0.1) is 19.3 Å². The molecule has 1 unspecified atom stereocenters. The molecule has 0 bridgehead atoms. The van der Waals surface area contributed by atoms with Gasteiger partial charge in [0.2, 0.25) is 0 Å². The second kappa shape index (κ2) is 5.54. The molecule has 0 aromatic carbocycles. The molecular weight excluding hydrogens is 116 g/mol. The monoisotopic (exact) mass is 128 g/mol. The van der Waals surface area contributed by atoms with Gasteiger partial charge >= 0.3 is 0 Å². The fourth-order valence-corrected chi connectivity index (χ4v) is 0.340. The Morgan fingerprint density at radius 1 is 1.56 bits per heavy atom. The summed E-state index contributed by atoms with van der Waals surface area (Å²) < 4.78 is 4.90. The molecule has 1 atom stereocenters. The van der Waals surface area contributed by atoms with Gasteiger partial charge in [-0.15, -0.1) is 13.2 Å². The van der Waals surface area contributed by atoms with Crippen molar-refractivity contribution in [1.29, 1.82) is 0 Å². The summed E-state index contributed by atoms with van der Waals surface area (Å²) in [4.78, 5) is 0. The molecule has 0 aliphatic heterocycles. The SMILES string of the molecule is C=CCOCC(O)C=C. The van der Waals surface area contributed by atoms with Gasteiger partial charge in [0.15, 0.2) is 0 Å². The molecule has 0 spiro atoms. The van der Waals surface area contributed by atoms with E-state index in [4.69, 9.17) is 9.84 Å². The molecule has 0 aromatic heterocycles. The fourth-order valence-electron chi connectivity index (χ4n) is 0.340. The minimum Gasteiger partial charge on any atom is -0.387 e. The Balaban J connectivity index is 3.05. The molecule has 0 rings (SSSR count). The van der Waals surface area contributed by atoms with Crippen LogP contribution >= 0.6 is 0 Å². The van der Waals surface area contributed by atoms with Crippen LogP contribution in [0.2, 0.25) is 0 Å². The Bertz CT molecular complexity index is 88.9. The van der Waals surface area contributed by atoms with E-state index in [2.05, 4.69) is 13.2 Å². The van der Waals surface area contributed by atoms with Gasteiger partial charge in [0.1, 0.15) is 0 Å². The van der Waals surface area contributed by atoms with Crippen molar-refractivity contribution in [3.63, 3.8) is 0 Å². The van der Waals surface area contributed by atoms with Crippen LogP contribution in [0.1, 0.15) is 0 Å². The first-order valence-corrected chi connectivity index (χ1v) is 2.80. The second-order valence-electron chi connectivity index (χ2n) is 1.63. The molecule has 0 amide bonds. The summed E-state index contributed by atoms with van der Waals surface area (Å²) in [7, 11) is 0. The van der Waals surface area contributed by atoms with Crippen LogP contribution in [0.25, 0.3) is 0 Å². The summed E-state index contributed by atoms with van der Waals surface area (Å²) in [5.41, 5.74) is 0. The van der Waals surface area contributed by atoms with Crippen LogP contribution in [0.5, 0.6) is 0 Å². The van der Waals surface area contributed by atoms with Gasteiger partial charge in [-0.25, -0.2) is 0 Å². The molecule has 0 fully saturated rings. The first kappa shape index (κ1) is 8.40. The minimum absolute atomic E-state index is 0.301. The van der Waals surface area contributed by atoms with Gasteiger partial charge in [0, 0.05) is 0 Å². The predicted octanol–water partition coefficient (Wildman–Crippen LogP) is 0.736. The van der Waals surface area contributed by atoms with Crippen molar-refractivity contribution in [2.24, 2.45) is 0 Å². The molecular formula is C7H12O2. The van der Waals surface area contributed by atoms with E-state index in [9.17, 15) is 0 Å². The zero-order valence-corrected chi connectivity index (χ0v) is 5.42. The Morgan fingerprint density at radius 2 is 2.22 bits per heavy atom. The number of hydrogen-bond donors (Lipinski definition) is 1. The first-order chi connectivity index (χ1) is 4.31. The van der Waals surface area contributed by atoms with Gasteiger partial charge in [-0.3, -0.25) is 0 Å². The van der Waals surface area contributed by atoms with Gasteiger partial charge in [-0.05, 0) is 0 Å². The van der Waals surface area contributed by atoms with Crippen molar-refractivity contribution in [2.45, 2.75) is 6.10 Å². The summed E-state index contributed by atoms with van der Waals surface area (Å²) in [5, 5.41) is 8.81. The second-order valence-corrected chi connectivity index (χ2v) is 1.63. The molecule has 52 valence electrons. The summed E-state index contributed by atoms with van der Waals surface area (Å²) in [6.45, 7) is 7.61. The number of ether oxygens (including phenoxy) is 1. The van der Waals surface area contributed by atoms with Crippen molar-refractivity contribution in [3.8, 4) is 0 Å². The lowest BCUT2D eigenvalue weighted by atomic mass is 10.4. The lowest BCUT2D eigenvalue weighted by molar-refractivity contribution is 0.0751. The maximum atomic E-state index is 8.81. The van der Waals surface area contributed by atoms with Crippen molar-refractivity contribution in [2.75, 3.05) is 13.2 Å². The maximum Gasteiger partial charge on any atom is 0.0952 e. The molecule has 0 heterocycles. The van der Waals surface area contributed by atoms with Crippen molar-refractivity contribution >= 4 is 0 Å². The third-order valence-electron chi connectivity index (χ3n) is 0.796. The van der Waals surface area contributed by atoms with E-state index in [1.165, 1.54) is 6.08 Å². The topological polar surface area (TPSA) is 29.5 Å². The average molecular weight is 128 g/mol. The Labute approximate surface area is 55.5 Å². The Hall–Kier alpha value is -0.600. The zero-order chi connectivity index (χ0) is 7.11. The van der Waals surface area contributed by atoms with Crippen LogP contribution in [0.15, 0.2) is 25.3 Å². The van der Waals surface area contributed by atoms with Crippen LogP contribution in [0, 0.1) is 0 Å². The van der Waals surface area contributed by atoms with Crippen LogP contribution in [0.4, 0.5) is 0 Å². The lowest BCUT2D eigenvalue weighted by Gasteiger charge is -2.02. The highest BCUT2D eigenvalue weighted by molar-refractivity contribution is 4.77. The Morgan fingerprint density at radius 3 is 2.67 bits per heavy atom. The van der Waals surface area contributed by atoms with Crippen molar-refractivity contribution < 1.29 is 9.84 Å². The van der Waals surface area contributed by atoms with Crippen molar-refractivity contribution in [3.05, 3.63) is 25.3 Å². The Kier molecular flexibility index (Phi) is 5.17. The highest BCUT2D eigenvalue weighted by atomic mass is 16.5. The summed E-state index contributed by atoms with van der Waals surface area (Å²) in [5.74, 6) is 0. The number of rotatable bonds is 5. The standard InChI is InChI=1S/C7H12O2/c1-3-5-9-6-7(8)4-2/h3-4,7-8H,1-2,5-6H2. The van der Waals surface area contributed by atoms with E-state index in [-0.39, 0.29) is 0 Å². The molecule has 0 aliphatic carbocycles. The maximum absolute atomic E-state index is 8.81. The quantitative estimate of drug-likeness (QED) is 0.437. The molecule has 0 aliphatic rings. The first-order valence-electron chi connectivity index (χ1n) is 2.80. The normalized spacial score (nSPS) is 12.6. The number of aliphatic hydroxyl groups excluding tert-OH is 1. The third kappa shape index (κ3) is 5.27. The van der Waals surface area contributed by atoms with E-state index in [1.54, 1.807) is 6.08 Å². The van der Waals surface area contributed by atoms with E-state index in [0.29, 0.717) is 13.2 Å². The molecule has 0 saturated carbocycles. The van der Waals surface area contributed by atoms with Gasteiger partial charge in [0.25, 0.3) is 0 Å². The lowest BCUT2D eigenvalue weighted by Crippen LogP contribution is -2.11. The van der Waals surface area contributed by atoms with E-state index in [0.717, 1.165) is 0 Å². The molecule has 0 radical (unpaired) electrons. The highest BCUT2D eigenvalue weighted by Gasteiger charge is 1.93. The molecule has 9 heavy (non-hydrogen) atoms. The van der Waals surface area contributed by atoms with E-state index >= 15 is 0 Å². The number of hydrogen-bond acceptors (Lipinski definition) is 2. The van der Waals surface area contributed by atoms with Gasteiger partial charge < -0.3 is 9.84 Å². The molecule has 1 N–H and O–H groups in total. The number of aliphatic hydroxyl groups is 1. The molecule has 2 heteroatoms. The van der Waals surface area contributed by atoms with Gasteiger partial charge in [-0.2, -0.15) is 0 Å². The molecule has 0 saturated heterocycles. The summed E-state index contributed by atoms with van der Waals surface area (Å²) in [6, 6.07) is 0. The van der Waals surface area contributed by atoms with E-state index < -0.39 is 6.10 Å². The fraction of sp³-hybridized carbons (Fsp3) is 0.429. The minimum atomic E-state index is -0.551. The van der Waals surface area contributed by atoms with Crippen molar-refractivity contribution in [1.82, 2.24) is 0 Å². The van der Waals surface area contributed by atoms with Crippen LogP contribution in [-0.2, 0) is 4.74 Å². The van der Waals surface area contributed by atoms with E-state index in [1.807, 2.05) is 0 Å². The zero-order valence-electron chi connectivity index (χ0n) is 5.42.